The fourth-order valence-corrected chi connectivity index (χ4v) is 3.15. The van der Waals surface area contributed by atoms with E-state index in [1.54, 1.807) is 0 Å². The standard InChI is InChI=1S/C23H38N2O2/c1-3-4-5-6-7-8-9-10-11-12-13-17-22(26)24-19-23(27)25-21-16-14-15-20(2)18-21/h14-16,18H,3-13,17,19H2,1-2H3,(H,24,26)(H,25,27). The molecule has 0 radical (unpaired) electrons. The van der Waals surface area contributed by atoms with Crippen LogP contribution in [-0.2, 0) is 9.59 Å². The van der Waals surface area contributed by atoms with Gasteiger partial charge in [-0.2, -0.15) is 0 Å². The SMILES string of the molecule is CCCCCCCCCCCCCC(=O)NCC(=O)Nc1cccc(C)c1. The molecule has 0 unspecified atom stereocenters. The van der Waals surface area contributed by atoms with Gasteiger partial charge < -0.3 is 10.6 Å². The zero-order chi connectivity index (χ0) is 19.7. The normalized spacial score (nSPS) is 10.6. The summed E-state index contributed by atoms with van der Waals surface area (Å²) in [5.41, 5.74) is 1.85. The lowest BCUT2D eigenvalue weighted by Gasteiger charge is -2.07. The van der Waals surface area contributed by atoms with Gasteiger partial charge in [-0.05, 0) is 31.0 Å². The molecule has 0 aliphatic heterocycles. The Morgan fingerprint density at radius 1 is 0.815 bits per heavy atom. The molecule has 0 saturated heterocycles. The number of hydrogen-bond acceptors (Lipinski definition) is 2. The van der Waals surface area contributed by atoms with E-state index in [-0.39, 0.29) is 18.4 Å². The first kappa shape index (κ1) is 23.2. The number of carbonyl (C=O) groups excluding carboxylic acids is 2. The molecule has 0 saturated carbocycles. The van der Waals surface area contributed by atoms with Gasteiger partial charge >= 0.3 is 0 Å². The second kappa shape index (κ2) is 15.2. The molecule has 0 atom stereocenters. The van der Waals surface area contributed by atoms with Crippen LogP contribution >= 0.6 is 0 Å². The third kappa shape index (κ3) is 13.0. The van der Waals surface area contributed by atoms with Gasteiger partial charge in [0.05, 0.1) is 6.54 Å². The minimum Gasteiger partial charge on any atom is -0.347 e. The minimum atomic E-state index is -0.187. The van der Waals surface area contributed by atoms with Gasteiger partial charge in [-0.1, -0.05) is 83.3 Å². The molecule has 2 amide bonds. The summed E-state index contributed by atoms with van der Waals surface area (Å²) in [5.74, 6) is -0.224. The number of rotatable bonds is 15. The third-order valence-electron chi connectivity index (χ3n) is 4.76. The van der Waals surface area contributed by atoms with E-state index in [0.717, 1.165) is 24.1 Å². The molecular formula is C23H38N2O2. The minimum absolute atomic E-state index is 0.0325. The molecule has 0 spiro atoms. The molecule has 4 heteroatoms. The van der Waals surface area contributed by atoms with E-state index < -0.39 is 0 Å². The van der Waals surface area contributed by atoms with Crippen molar-refractivity contribution in [3.8, 4) is 0 Å². The number of unbranched alkanes of at least 4 members (excludes halogenated alkanes) is 10. The summed E-state index contributed by atoms with van der Waals surface area (Å²) in [5, 5.41) is 5.50. The highest BCUT2D eigenvalue weighted by Crippen LogP contribution is 2.12. The van der Waals surface area contributed by atoms with Crippen LogP contribution in [0.1, 0.15) is 89.5 Å². The summed E-state index contributed by atoms with van der Waals surface area (Å²) in [6.45, 7) is 4.26. The highest BCUT2D eigenvalue weighted by Gasteiger charge is 2.06. The smallest absolute Gasteiger partial charge is 0.243 e. The molecule has 1 rings (SSSR count). The largest absolute Gasteiger partial charge is 0.347 e. The maximum absolute atomic E-state index is 11.9. The Hall–Kier alpha value is -1.84. The zero-order valence-corrected chi connectivity index (χ0v) is 17.3. The summed E-state index contributed by atoms with van der Waals surface area (Å²) in [6.07, 6.45) is 14.5. The van der Waals surface area contributed by atoms with Crippen molar-refractivity contribution in [2.45, 2.75) is 90.9 Å². The van der Waals surface area contributed by atoms with Crippen molar-refractivity contribution in [1.29, 1.82) is 0 Å². The van der Waals surface area contributed by atoms with E-state index >= 15 is 0 Å². The van der Waals surface area contributed by atoms with E-state index in [1.807, 2.05) is 31.2 Å². The molecule has 0 fully saturated rings. The van der Waals surface area contributed by atoms with Crippen molar-refractivity contribution in [2.24, 2.45) is 0 Å². The molecule has 152 valence electrons. The van der Waals surface area contributed by atoms with Crippen molar-refractivity contribution in [3.05, 3.63) is 29.8 Å². The summed E-state index contributed by atoms with van der Waals surface area (Å²) >= 11 is 0. The van der Waals surface area contributed by atoms with E-state index in [9.17, 15) is 9.59 Å². The number of nitrogens with one attached hydrogen (secondary N) is 2. The molecule has 2 N–H and O–H groups in total. The Morgan fingerprint density at radius 3 is 2.00 bits per heavy atom. The Bertz CT molecular complexity index is 543. The van der Waals surface area contributed by atoms with E-state index in [4.69, 9.17) is 0 Å². The molecular weight excluding hydrogens is 336 g/mol. The van der Waals surface area contributed by atoms with Gasteiger partial charge in [-0.3, -0.25) is 9.59 Å². The van der Waals surface area contributed by atoms with Crippen molar-refractivity contribution in [1.82, 2.24) is 5.32 Å². The average Bonchev–Trinajstić information content (AvgIpc) is 2.64. The summed E-state index contributed by atoms with van der Waals surface area (Å²) < 4.78 is 0. The Kier molecular flexibility index (Phi) is 13.1. The quantitative estimate of drug-likeness (QED) is 0.384. The van der Waals surface area contributed by atoms with Crippen molar-refractivity contribution >= 4 is 17.5 Å². The molecule has 0 aliphatic carbocycles. The first-order valence-corrected chi connectivity index (χ1v) is 10.7. The lowest BCUT2D eigenvalue weighted by molar-refractivity contribution is -0.124. The predicted molar refractivity (Wildman–Crippen MR) is 114 cm³/mol. The monoisotopic (exact) mass is 374 g/mol. The Balaban J connectivity index is 1.94. The van der Waals surface area contributed by atoms with E-state index in [2.05, 4.69) is 17.6 Å². The van der Waals surface area contributed by atoms with Crippen molar-refractivity contribution < 1.29 is 9.59 Å². The van der Waals surface area contributed by atoms with Crippen LogP contribution in [0.4, 0.5) is 5.69 Å². The molecule has 0 aliphatic rings. The van der Waals surface area contributed by atoms with E-state index in [1.165, 1.54) is 57.8 Å². The molecule has 0 aromatic heterocycles. The topological polar surface area (TPSA) is 58.2 Å². The number of carbonyl (C=O) groups is 2. The summed E-state index contributed by atoms with van der Waals surface area (Å²) in [6, 6.07) is 7.63. The van der Waals surface area contributed by atoms with Crippen LogP contribution in [0.15, 0.2) is 24.3 Å². The van der Waals surface area contributed by atoms with Crippen molar-refractivity contribution in [2.75, 3.05) is 11.9 Å². The number of benzene rings is 1. The van der Waals surface area contributed by atoms with Crippen LogP contribution in [0, 0.1) is 6.92 Å². The van der Waals surface area contributed by atoms with Crippen LogP contribution in [0.5, 0.6) is 0 Å². The lowest BCUT2D eigenvalue weighted by atomic mass is 10.1. The molecule has 1 aromatic rings. The highest BCUT2D eigenvalue weighted by molar-refractivity contribution is 5.94. The third-order valence-corrected chi connectivity index (χ3v) is 4.76. The number of aryl methyl sites for hydroxylation is 1. The highest BCUT2D eigenvalue weighted by atomic mass is 16.2. The summed E-state index contributed by atoms with van der Waals surface area (Å²) in [4.78, 5) is 23.7. The van der Waals surface area contributed by atoms with Crippen LogP contribution in [0.3, 0.4) is 0 Å². The fraction of sp³-hybridized carbons (Fsp3) is 0.652. The van der Waals surface area contributed by atoms with Crippen LogP contribution in [-0.4, -0.2) is 18.4 Å². The van der Waals surface area contributed by atoms with Gasteiger partial charge in [0.15, 0.2) is 0 Å². The fourth-order valence-electron chi connectivity index (χ4n) is 3.15. The van der Waals surface area contributed by atoms with Gasteiger partial charge in [0, 0.05) is 12.1 Å². The number of hydrogen-bond donors (Lipinski definition) is 2. The molecule has 1 aromatic carbocycles. The zero-order valence-electron chi connectivity index (χ0n) is 17.3. The average molecular weight is 375 g/mol. The second-order valence-corrected chi connectivity index (χ2v) is 7.48. The number of anilines is 1. The first-order chi connectivity index (χ1) is 13.1. The first-order valence-electron chi connectivity index (χ1n) is 10.7. The maximum Gasteiger partial charge on any atom is 0.243 e. The van der Waals surface area contributed by atoms with E-state index in [0.29, 0.717) is 6.42 Å². The van der Waals surface area contributed by atoms with Gasteiger partial charge in [0.2, 0.25) is 11.8 Å². The predicted octanol–water partition coefficient (Wildman–Crippen LogP) is 5.75. The second-order valence-electron chi connectivity index (χ2n) is 7.48. The molecule has 27 heavy (non-hydrogen) atoms. The molecule has 0 heterocycles. The van der Waals surface area contributed by atoms with Gasteiger partial charge in [-0.25, -0.2) is 0 Å². The maximum atomic E-state index is 11.9. The lowest BCUT2D eigenvalue weighted by Crippen LogP contribution is -2.32. The van der Waals surface area contributed by atoms with Crippen LogP contribution in [0.25, 0.3) is 0 Å². The van der Waals surface area contributed by atoms with Crippen LogP contribution in [0.2, 0.25) is 0 Å². The summed E-state index contributed by atoms with van der Waals surface area (Å²) in [7, 11) is 0. The van der Waals surface area contributed by atoms with Gasteiger partial charge in [0.1, 0.15) is 0 Å². The number of amides is 2. The Labute approximate surface area is 165 Å². The van der Waals surface area contributed by atoms with Crippen LogP contribution < -0.4 is 10.6 Å². The Morgan fingerprint density at radius 2 is 1.41 bits per heavy atom. The molecule has 0 bridgehead atoms. The van der Waals surface area contributed by atoms with Gasteiger partial charge in [0.25, 0.3) is 0 Å². The molecule has 4 nitrogen and oxygen atoms in total. The van der Waals surface area contributed by atoms with Gasteiger partial charge in [-0.15, -0.1) is 0 Å². The van der Waals surface area contributed by atoms with Crippen molar-refractivity contribution in [3.63, 3.8) is 0 Å².